The fraction of sp³-hybridized carbons (Fsp3) is 0.905. The van der Waals surface area contributed by atoms with Gasteiger partial charge in [-0.3, -0.25) is 0 Å². The van der Waals surface area contributed by atoms with Crippen molar-refractivity contribution in [3.05, 3.63) is 11.1 Å². The van der Waals surface area contributed by atoms with Gasteiger partial charge < -0.3 is 0 Å². The summed E-state index contributed by atoms with van der Waals surface area (Å²) in [4.78, 5) is 0. The third-order valence-electron chi connectivity index (χ3n) is 5.15. The fourth-order valence-electron chi connectivity index (χ4n) is 3.47. The summed E-state index contributed by atoms with van der Waals surface area (Å²) in [5.74, 6) is 0.892. The molecular weight excluding hydrogens is 252 g/mol. The van der Waals surface area contributed by atoms with Crippen molar-refractivity contribution < 1.29 is 0 Å². The molecule has 0 fully saturated rings. The number of hydrogen-bond acceptors (Lipinski definition) is 0. The second kappa shape index (κ2) is 12.3. The molecule has 0 bridgehead atoms. The van der Waals surface area contributed by atoms with Crippen LogP contribution >= 0.6 is 0 Å². The minimum Gasteiger partial charge on any atom is -0.0663 e. The Bertz CT molecular complexity index is 274. The van der Waals surface area contributed by atoms with Crippen molar-refractivity contribution in [1.29, 1.82) is 0 Å². The maximum absolute atomic E-state index is 2.44. The molecule has 0 amide bonds. The van der Waals surface area contributed by atoms with Crippen molar-refractivity contribution >= 4 is 0 Å². The van der Waals surface area contributed by atoms with Gasteiger partial charge in [-0.1, -0.05) is 103 Å². The number of allylic oxidation sites excluding steroid dienone is 2. The van der Waals surface area contributed by atoms with Gasteiger partial charge in [-0.25, -0.2) is 0 Å². The van der Waals surface area contributed by atoms with E-state index >= 15 is 0 Å². The number of rotatable bonds is 15. The third-order valence-corrected chi connectivity index (χ3v) is 5.15. The second-order valence-electron chi connectivity index (χ2n) is 7.28. The minimum absolute atomic E-state index is 0.892. The van der Waals surface area contributed by atoms with Gasteiger partial charge in [-0.15, -0.1) is 0 Å². The van der Waals surface area contributed by atoms with E-state index in [-0.39, 0.29) is 0 Å². The molecule has 1 rings (SSSR count). The largest absolute Gasteiger partial charge is 0.0663 e. The lowest BCUT2D eigenvalue weighted by Gasteiger charge is -2.04. The molecule has 0 aliphatic heterocycles. The fourth-order valence-corrected chi connectivity index (χ4v) is 3.47. The van der Waals surface area contributed by atoms with Gasteiger partial charge >= 0.3 is 0 Å². The Morgan fingerprint density at radius 3 is 1.81 bits per heavy atom. The molecule has 0 saturated heterocycles. The molecule has 0 heterocycles. The van der Waals surface area contributed by atoms with E-state index in [1.165, 1.54) is 96.3 Å². The zero-order valence-electron chi connectivity index (χ0n) is 15.2. The Hall–Kier alpha value is -0.260. The van der Waals surface area contributed by atoms with Crippen LogP contribution in [0.25, 0.3) is 0 Å². The predicted octanol–water partition coefficient (Wildman–Crippen LogP) is 7.82. The Morgan fingerprint density at radius 2 is 1.24 bits per heavy atom. The first-order valence-electron chi connectivity index (χ1n) is 10.00. The van der Waals surface area contributed by atoms with Crippen molar-refractivity contribution in [2.24, 2.45) is 5.92 Å². The minimum atomic E-state index is 0.892. The molecule has 1 aliphatic rings. The van der Waals surface area contributed by atoms with Crippen LogP contribution in [0.1, 0.15) is 117 Å². The Morgan fingerprint density at radius 1 is 0.714 bits per heavy atom. The van der Waals surface area contributed by atoms with Crippen molar-refractivity contribution in [2.75, 3.05) is 0 Å². The molecule has 1 unspecified atom stereocenters. The van der Waals surface area contributed by atoms with Crippen LogP contribution in [0, 0.1) is 5.92 Å². The predicted molar refractivity (Wildman–Crippen MR) is 96.8 cm³/mol. The van der Waals surface area contributed by atoms with Gasteiger partial charge in [0.1, 0.15) is 0 Å². The van der Waals surface area contributed by atoms with E-state index in [9.17, 15) is 0 Å². The average molecular weight is 293 g/mol. The van der Waals surface area contributed by atoms with Gasteiger partial charge in [0, 0.05) is 0 Å². The molecule has 21 heavy (non-hydrogen) atoms. The molecule has 124 valence electrons. The molecule has 0 aromatic heterocycles. The molecule has 0 saturated carbocycles. The number of hydrogen-bond donors (Lipinski definition) is 0. The molecular formula is C21H40. The lowest BCUT2D eigenvalue weighted by molar-refractivity contribution is 0.556. The molecule has 1 aliphatic carbocycles. The standard InChI is InChI=1S/C21H40/c1-4-6-8-9-10-11-12-13-14-15-17-20-18-21(20)19(3)16-7-5-2/h19H,4-18H2,1-3H3. The maximum Gasteiger partial charge on any atom is -0.0100 e. The molecule has 0 aromatic carbocycles. The van der Waals surface area contributed by atoms with Gasteiger partial charge in [0.2, 0.25) is 0 Å². The average Bonchev–Trinajstić information content (AvgIpc) is 3.26. The first-order valence-corrected chi connectivity index (χ1v) is 10.00. The van der Waals surface area contributed by atoms with Crippen molar-refractivity contribution in [1.82, 2.24) is 0 Å². The van der Waals surface area contributed by atoms with E-state index in [1.807, 2.05) is 11.1 Å². The van der Waals surface area contributed by atoms with Crippen molar-refractivity contribution in [2.45, 2.75) is 117 Å². The third kappa shape index (κ3) is 9.38. The Labute approximate surface area is 134 Å². The topological polar surface area (TPSA) is 0 Å². The van der Waals surface area contributed by atoms with Gasteiger partial charge in [0.05, 0.1) is 0 Å². The van der Waals surface area contributed by atoms with E-state index in [0.29, 0.717) is 0 Å². The smallest absolute Gasteiger partial charge is 0.0100 e. The van der Waals surface area contributed by atoms with Crippen molar-refractivity contribution in [3.63, 3.8) is 0 Å². The second-order valence-corrected chi connectivity index (χ2v) is 7.28. The Kier molecular flexibility index (Phi) is 11.0. The summed E-state index contributed by atoms with van der Waals surface area (Å²) in [5, 5.41) is 0. The van der Waals surface area contributed by atoms with Gasteiger partial charge in [0.25, 0.3) is 0 Å². The number of unbranched alkanes of at least 4 members (excludes halogenated alkanes) is 10. The highest BCUT2D eigenvalue weighted by atomic mass is 14.3. The highest BCUT2D eigenvalue weighted by molar-refractivity contribution is 5.36. The van der Waals surface area contributed by atoms with Crippen LogP contribution in [0.5, 0.6) is 0 Å². The van der Waals surface area contributed by atoms with Crippen LogP contribution in [0.15, 0.2) is 11.1 Å². The van der Waals surface area contributed by atoms with Crippen LogP contribution in [0.2, 0.25) is 0 Å². The summed E-state index contributed by atoms with van der Waals surface area (Å²) >= 11 is 0. The zero-order valence-corrected chi connectivity index (χ0v) is 15.2. The van der Waals surface area contributed by atoms with E-state index in [1.54, 1.807) is 0 Å². The summed E-state index contributed by atoms with van der Waals surface area (Å²) in [6.45, 7) is 7.04. The van der Waals surface area contributed by atoms with E-state index in [2.05, 4.69) is 20.8 Å². The molecule has 0 heteroatoms. The molecule has 0 N–H and O–H groups in total. The van der Waals surface area contributed by atoms with E-state index < -0.39 is 0 Å². The summed E-state index contributed by atoms with van der Waals surface area (Å²) in [5.41, 5.74) is 3.66. The van der Waals surface area contributed by atoms with Crippen molar-refractivity contribution in [3.8, 4) is 0 Å². The van der Waals surface area contributed by atoms with Crippen LogP contribution in [0.3, 0.4) is 0 Å². The van der Waals surface area contributed by atoms with Crippen LogP contribution in [-0.4, -0.2) is 0 Å². The molecule has 0 nitrogen and oxygen atoms in total. The Balaban J connectivity index is 1.86. The summed E-state index contributed by atoms with van der Waals surface area (Å²) in [6, 6.07) is 0. The summed E-state index contributed by atoms with van der Waals surface area (Å²) < 4.78 is 0. The maximum atomic E-state index is 2.44. The molecule has 0 spiro atoms. The van der Waals surface area contributed by atoms with Crippen LogP contribution in [-0.2, 0) is 0 Å². The molecule has 0 aromatic rings. The quantitative estimate of drug-likeness (QED) is 0.213. The monoisotopic (exact) mass is 292 g/mol. The zero-order chi connectivity index (χ0) is 15.3. The molecule has 1 atom stereocenters. The van der Waals surface area contributed by atoms with Crippen LogP contribution in [0.4, 0.5) is 0 Å². The summed E-state index contributed by atoms with van der Waals surface area (Å²) in [7, 11) is 0. The highest BCUT2D eigenvalue weighted by Crippen LogP contribution is 2.42. The highest BCUT2D eigenvalue weighted by Gasteiger charge is 2.24. The van der Waals surface area contributed by atoms with Crippen LogP contribution < -0.4 is 0 Å². The first-order chi connectivity index (χ1) is 10.3. The molecule has 0 radical (unpaired) electrons. The van der Waals surface area contributed by atoms with Gasteiger partial charge in [-0.2, -0.15) is 0 Å². The normalized spacial score (nSPS) is 15.6. The lowest BCUT2D eigenvalue weighted by Crippen LogP contribution is -1.90. The van der Waals surface area contributed by atoms with E-state index in [4.69, 9.17) is 0 Å². The van der Waals surface area contributed by atoms with Gasteiger partial charge in [0.15, 0.2) is 0 Å². The summed E-state index contributed by atoms with van der Waals surface area (Å²) in [6.07, 6.45) is 21.6. The van der Waals surface area contributed by atoms with E-state index in [0.717, 1.165) is 5.92 Å². The lowest BCUT2D eigenvalue weighted by atomic mass is 10.0. The van der Waals surface area contributed by atoms with Gasteiger partial charge in [-0.05, 0) is 31.6 Å². The first kappa shape index (κ1) is 18.8. The SMILES string of the molecule is CCCCCCCCCCCCC1=C(C(C)CCCC)C1.